The zero-order valence-electron chi connectivity index (χ0n) is 13.4. The second kappa shape index (κ2) is 7.06. The zero-order chi connectivity index (χ0) is 17.2. The summed E-state index contributed by atoms with van der Waals surface area (Å²) in [5.74, 6) is 0.573. The van der Waals surface area contributed by atoms with Crippen LogP contribution in [0.2, 0.25) is 0 Å². The standard InChI is InChI=1S/C16H21FN2O4S/c17-13-1-3-15(4-2-13)23-11-16(20)19-8-6-18(7-9-19)14-5-10-24(21,22)12-14/h1-4,14H,5-12H2/p+1/t14-/m1/s1. The molecule has 8 heteroatoms. The maximum atomic E-state index is 12.8. The van der Waals surface area contributed by atoms with E-state index in [9.17, 15) is 17.6 Å². The van der Waals surface area contributed by atoms with Crippen molar-refractivity contribution in [3.8, 4) is 5.75 Å². The van der Waals surface area contributed by atoms with Crippen LogP contribution >= 0.6 is 0 Å². The van der Waals surface area contributed by atoms with E-state index in [0.717, 1.165) is 19.5 Å². The molecule has 24 heavy (non-hydrogen) atoms. The first-order valence-electron chi connectivity index (χ1n) is 8.14. The Morgan fingerprint density at radius 3 is 2.50 bits per heavy atom. The fourth-order valence-corrected chi connectivity index (χ4v) is 5.16. The largest absolute Gasteiger partial charge is 0.484 e. The van der Waals surface area contributed by atoms with Crippen LogP contribution in [0.3, 0.4) is 0 Å². The number of rotatable bonds is 4. The number of carbonyl (C=O) groups is 1. The molecule has 3 rings (SSSR count). The van der Waals surface area contributed by atoms with Gasteiger partial charge < -0.3 is 14.5 Å². The molecule has 2 aliphatic heterocycles. The SMILES string of the molecule is O=C(COc1ccc(F)cc1)N1CC[NH+]([C@@H]2CCS(=O)(=O)C2)CC1. The van der Waals surface area contributed by atoms with Crippen molar-refractivity contribution >= 4 is 15.7 Å². The highest BCUT2D eigenvalue weighted by atomic mass is 32.2. The van der Waals surface area contributed by atoms with E-state index in [2.05, 4.69) is 0 Å². The van der Waals surface area contributed by atoms with E-state index in [0.29, 0.717) is 18.8 Å². The molecule has 1 atom stereocenters. The smallest absolute Gasteiger partial charge is 0.260 e. The van der Waals surface area contributed by atoms with E-state index in [1.807, 2.05) is 0 Å². The molecular formula is C16H22FN2O4S+. The average molecular weight is 357 g/mol. The third-order valence-electron chi connectivity index (χ3n) is 4.74. The molecule has 0 saturated carbocycles. The first-order chi connectivity index (χ1) is 11.4. The Hall–Kier alpha value is -1.67. The number of benzene rings is 1. The normalized spacial score (nSPS) is 24.0. The van der Waals surface area contributed by atoms with Gasteiger partial charge in [-0.15, -0.1) is 0 Å². The van der Waals surface area contributed by atoms with E-state index in [1.54, 1.807) is 4.90 Å². The molecule has 1 aromatic rings. The fraction of sp³-hybridized carbons (Fsp3) is 0.562. The molecule has 2 aliphatic rings. The van der Waals surface area contributed by atoms with Crippen LogP contribution < -0.4 is 9.64 Å². The molecule has 1 aromatic carbocycles. The number of sulfone groups is 1. The van der Waals surface area contributed by atoms with Gasteiger partial charge in [-0.2, -0.15) is 0 Å². The monoisotopic (exact) mass is 357 g/mol. The number of amides is 1. The van der Waals surface area contributed by atoms with Crippen molar-refractivity contribution in [2.24, 2.45) is 0 Å². The van der Waals surface area contributed by atoms with Crippen LogP contribution in [0.5, 0.6) is 5.75 Å². The maximum Gasteiger partial charge on any atom is 0.260 e. The Labute approximate surface area is 141 Å². The molecule has 2 saturated heterocycles. The number of halogens is 1. The Morgan fingerprint density at radius 2 is 1.92 bits per heavy atom. The lowest BCUT2D eigenvalue weighted by Gasteiger charge is -2.34. The second-order valence-electron chi connectivity index (χ2n) is 6.38. The van der Waals surface area contributed by atoms with Crippen LogP contribution in [-0.4, -0.2) is 69.6 Å². The van der Waals surface area contributed by atoms with Crippen LogP contribution in [0.4, 0.5) is 4.39 Å². The first kappa shape index (κ1) is 17.2. The van der Waals surface area contributed by atoms with Gasteiger partial charge in [0.2, 0.25) is 0 Å². The summed E-state index contributed by atoms with van der Waals surface area (Å²) in [5.41, 5.74) is 0. The third-order valence-corrected chi connectivity index (χ3v) is 6.51. The minimum atomic E-state index is -2.87. The fourth-order valence-electron chi connectivity index (χ4n) is 3.34. The molecule has 2 heterocycles. The summed E-state index contributed by atoms with van der Waals surface area (Å²) in [7, 11) is -2.87. The van der Waals surface area contributed by atoms with E-state index in [4.69, 9.17) is 4.74 Å². The number of hydrogen-bond acceptors (Lipinski definition) is 4. The van der Waals surface area contributed by atoms with Crippen LogP contribution in [-0.2, 0) is 14.6 Å². The van der Waals surface area contributed by atoms with Crippen LogP contribution in [0, 0.1) is 5.82 Å². The summed E-state index contributed by atoms with van der Waals surface area (Å²) >= 11 is 0. The van der Waals surface area contributed by atoms with Gasteiger partial charge in [0.15, 0.2) is 16.4 Å². The van der Waals surface area contributed by atoms with E-state index in [-0.39, 0.29) is 35.9 Å². The quantitative estimate of drug-likeness (QED) is 0.760. The molecule has 0 bridgehead atoms. The van der Waals surface area contributed by atoms with Gasteiger partial charge in [-0.05, 0) is 24.3 Å². The summed E-state index contributed by atoms with van der Waals surface area (Å²) in [6, 6.07) is 5.73. The average Bonchev–Trinajstić information content (AvgIpc) is 2.94. The lowest BCUT2D eigenvalue weighted by Crippen LogP contribution is -3.18. The predicted octanol–water partition coefficient (Wildman–Crippen LogP) is -0.881. The Morgan fingerprint density at radius 1 is 1.25 bits per heavy atom. The lowest BCUT2D eigenvalue weighted by molar-refractivity contribution is -0.925. The van der Waals surface area contributed by atoms with E-state index in [1.165, 1.54) is 29.2 Å². The van der Waals surface area contributed by atoms with Crippen LogP contribution in [0.15, 0.2) is 24.3 Å². The molecular weight excluding hydrogens is 335 g/mol. The van der Waals surface area contributed by atoms with Gasteiger partial charge in [0, 0.05) is 6.42 Å². The van der Waals surface area contributed by atoms with Gasteiger partial charge in [-0.3, -0.25) is 4.79 Å². The lowest BCUT2D eigenvalue weighted by atomic mass is 10.2. The van der Waals surface area contributed by atoms with Crippen molar-refractivity contribution in [3.63, 3.8) is 0 Å². The summed E-state index contributed by atoms with van der Waals surface area (Å²) in [5, 5.41) is 0. The highest BCUT2D eigenvalue weighted by Gasteiger charge is 2.37. The predicted molar refractivity (Wildman–Crippen MR) is 86.2 cm³/mol. The van der Waals surface area contributed by atoms with E-state index < -0.39 is 9.84 Å². The van der Waals surface area contributed by atoms with Crippen molar-refractivity contribution in [2.45, 2.75) is 12.5 Å². The van der Waals surface area contributed by atoms with Crippen molar-refractivity contribution in [3.05, 3.63) is 30.1 Å². The van der Waals surface area contributed by atoms with Gasteiger partial charge in [-0.25, -0.2) is 12.8 Å². The van der Waals surface area contributed by atoms with Crippen molar-refractivity contribution in [1.82, 2.24) is 4.90 Å². The number of ether oxygens (including phenoxy) is 1. The number of quaternary nitrogens is 1. The molecule has 6 nitrogen and oxygen atoms in total. The molecule has 1 N–H and O–H groups in total. The Kier molecular flexibility index (Phi) is 5.05. The van der Waals surface area contributed by atoms with Crippen molar-refractivity contribution < 1.29 is 27.2 Å². The molecule has 0 spiro atoms. The Bertz CT molecular complexity index is 685. The highest BCUT2D eigenvalue weighted by molar-refractivity contribution is 7.91. The number of nitrogens with one attached hydrogen (secondary N) is 1. The summed E-state index contributed by atoms with van der Waals surface area (Å²) < 4.78 is 41.4. The highest BCUT2D eigenvalue weighted by Crippen LogP contribution is 2.12. The number of nitrogens with zero attached hydrogens (tertiary/aromatic N) is 1. The second-order valence-corrected chi connectivity index (χ2v) is 8.61. The minimum Gasteiger partial charge on any atom is -0.484 e. The molecule has 0 aromatic heterocycles. The van der Waals surface area contributed by atoms with Gasteiger partial charge in [0.05, 0.1) is 31.9 Å². The summed E-state index contributed by atoms with van der Waals surface area (Å²) in [4.78, 5) is 15.2. The zero-order valence-corrected chi connectivity index (χ0v) is 14.2. The summed E-state index contributed by atoms with van der Waals surface area (Å²) in [6.45, 7) is 2.68. The number of hydrogen-bond donors (Lipinski definition) is 1. The first-order valence-corrected chi connectivity index (χ1v) is 9.96. The Balaban J connectivity index is 1.44. The summed E-state index contributed by atoms with van der Waals surface area (Å²) in [6.07, 6.45) is 0.722. The molecule has 0 unspecified atom stereocenters. The number of carbonyl (C=O) groups excluding carboxylic acids is 1. The van der Waals surface area contributed by atoms with Gasteiger partial charge >= 0.3 is 0 Å². The molecule has 2 fully saturated rings. The molecule has 0 aliphatic carbocycles. The van der Waals surface area contributed by atoms with Crippen molar-refractivity contribution in [2.75, 3.05) is 44.3 Å². The maximum absolute atomic E-state index is 12.8. The molecule has 132 valence electrons. The van der Waals surface area contributed by atoms with Gasteiger partial charge in [0.1, 0.15) is 23.4 Å². The molecule has 1 amide bonds. The van der Waals surface area contributed by atoms with Crippen LogP contribution in [0.25, 0.3) is 0 Å². The minimum absolute atomic E-state index is 0.0707. The number of piperazine rings is 1. The van der Waals surface area contributed by atoms with Gasteiger partial charge in [0.25, 0.3) is 5.91 Å². The van der Waals surface area contributed by atoms with Crippen molar-refractivity contribution in [1.29, 1.82) is 0 Å². The topological polar surface area (TPSA) is 68.1 Å². The van der Waals surface area contributed by atoms with Crippen LogP contribution in [0.1, 0.15) is 6.42 Å². The van der Waals surface area contributed by atoms with E-state index >= 15 is 0 Å². The molecule has 0 radical (unpaired) electrons. The third kappa shape index (κ3) is 4.24. The van der Waals surface area contributed by atoms with Gasteiger partial charge in [-0.1, -0.05) is 0 Å².